The molecule has 3 rings (SSSR count). The summed E-state index contributed by atoms with van der Waals surface area (Å²) < 4.78 is 29.0. The summed E-state index contributed by atoms with van der Waals surface area (Å²) in [5.41, 5.74) is 0. The molecule has 0 atom stereocenters. The van der Waals surface area contributed by atoms with Crippen LogP contribution in [-0.4, -0.2) is 55.3 Å². The number of rotatable bonds is 2. The van der Waals surface area contributed by atoms with E-state index in [1.54, 1.807) is 8.61 Å². The highest BCUT2D eigenvalue weighted by molar-refractivity contribution is 7.87. The van der Waals surface area contributed by atoms with Crippen LogP contribution in [0, 0.1) is 0 Å². The number of piperidine rings is 1. The Morgan fingerprint density at radius 2 is 1.32 bits per heavy atom. The molecule has 0 radical (unpaired) electrons. The zero-order chi connectivity index (χ0) is 13.3. The highest BCUT2D eigenvalue weighted by Gasteiger charge is 2.44. The summed E-state index contributed by atoms with van der Waals surface area (Å²) >= 11 is 0. The van der Waals surface area contributed by atoms with E-state index in [2.05, 4.69) is 5.32 Å². The predicted molar refractivity (Wildman–Crippen MR) is 75.1 cm³/mol. The molecule has 0 spiro atoms. The van der Waals surface area contributed by atoms with Crippen molar-refractivity contribution in [1.82, 2.24) is 13.9 Å². The van der Waals surface area contributed by atoms with Crippen LogP contribution in [0.1, 0.15) is 44.9 Å². The van der Waals surface area contributed by atoms with Gasteiger partial charge in [-0.05, 0) is 38.8 Å². The topological polar surface area (TPSA) is 52.7 Å². The molecule has 0 unspecified atom stereocenters. The summed E-state index contributed by atoms with van der Waals surface area (Å²) in [5, 5.41) is 3.31. The number of hydrogen-bond donors (Lipinski definition) is 1. The molecule has 0 aromatic rings. The second-order valence-electron chi connectivity index (χ2n) is 6.00. The quantitative estimate of drug-likeness (QED) is 0.822. The first-order valence-corrected chi connectivity index (χ1v) is 9.08. The summed E-state index contributed by atoms with van der Waals surface area (Å²) in [6.45, 7) is 3.29. The van der Waals surface area contributed by atoms with E-state index >= 15 is 0 Å². The predicted octanol–water partition coefficient (Wildman–Crippen LogP) is 0.933. The van der Waals surface area contributed by atoms with Crippen molar-refractivity contribution < 1.29 is 8.42 Å². The van der Waals surface area contributed by atoms with Crippen LogP contribution in [0.25, 0.3) is 0 Å². The molecule has 3 fully saturated rings. The van der Waals surface area contributed by atoms with Gasteiger partial charge in [0.2, 0.25) is 0 Å². The largest absolute Gasteiger partial charge is 0.317 e. The van der Waals surface area contributed by atoms with Crippen LogP contribution in [0.5, 0.6) is 0 Å². The van der Waals surface area contributed by atoms with Gasteiger partial charge in [-0.2, -0.15) is 17.0 Å². The van der Waals surface area contributed by atoms with Crippen LogP contribution >= 0.6 is 0 Å². The Hall–Kier alpha value is -0.170. The number of hydrogen-bond acceptors (Lipinski definition) is 3. The molecule has 2 saturated heterocycles. The van der Waals surface area contributed by atoms with Crippen molar-refractivity contribution in [3.8, 4) is 0 Å². The summed E-state index contributed by atoms with van der Waals surface area (Å²) in [6, 6.07) is 0.491. The first-order valence-electron chi connectivity index (χ1n) is 7.69. The monoisotopic (exact) mass is 287 g/mol. The maximum atomic E-state index is 12.7. The SMILES string of the molecule is O=S1(=O)N(C2CCCCC2)CCN1C1CCNCC1. The molecule has 3 aliphatic rings. The van der Waals surface area contributed by atoms with Gasteiger partial charge in [0.1, 0.15) is 0 Å². The Kier molecular flexibility index (Phi) is 4.12. The number of nitrogens with zero attached hydrogens (tertiary/aromatic N) is 2. The van der Waals surface area contributed by atoms with E-state index in [-0.39, 0.29) is 12.1 Å². The third-order valence-corrected chi connectivity index (χ3v) is 6.98. The van der Waals surface area contributed by atoms with Gasteiger partial charge in [-0.1, -0.05) is 19.3 Å². The molecule has 0 bridgehead atoms. The third-order valence-electron chi connectivity index (χ3n) is 4.83. The van der Waals surface area contributed by atoms with Gasteiger partial charge in [-0.3, -0.25) is 0 Å². The molecule has 0 aromatic carbocycles. The molecular weight excluding hydrogens is 262 g/mol. The third kappa shape index (κ3) is 2.68. The summed E-state index contributed by atoms with van der Waals surface area (Å²) in [6.07, 6.45) is 7.66. The van der Waals surface area contributed by atoms with E-state index in [1.165, 1.54) is 19.3 Å². The Morgan fingerprint density at radius 1 is 0.789 bits per heavy atom. The minimum absolute atomic E-state index is 0.222. The van der Waals surface area contributed by atoms with Gasteiger partial charge in [-0.25, -0.2) is 0 Å². The van der Waals surface area contributed by atoms with Crippen molar-refractivity contribution in [3.63, 3.8) is 0 Å². The van der Waals surface area contributed by atoms with E-state index in [0.717, 1.165) is 38.8 Å². The van der Waals surface area contributed by atoms with Crippen LogP contribution < -0.4 is 5.32 Å². The van der Waals surface area contributed by atoms with Crippen molar-refractivity contribution in [3.05, 3.63) is 0 Å². The van der Waals surface area contributed by atoms with Crippen LogP contribution in [0.3, 0.4) is 0 Å². The van der Waals surface area contributed by atoms with Gasteiger partial charge in [0.15, 0.2) is 0 Å². The smallest absolute Gasteiger partial charge is 0.282 e. The molecule has 1 aliphatic carbocycles. The number of nitrogens with one attached hydrogen (secondary N) is 1. The van der Waals surface area contributed by atoms with E-state index in [0.29, 0.717) is 13.1 Å². The lowest BCUT2D eigenvalue weighted by atomic mass is 9.95. The molecule has 0 amide bonds. The van der Waals surface area contributed by atoms with Gasteiger partial charge in [0.05, 0.1) is 0 Å². The van der Waals surface area contributed by atoms with Crippen molar-refractivity contribution in [2.75, 3.05) is 26.2 Å². The second kappa shape index (κ2) is 5.68. The summed E-state index contributed by atoms with van der Waals surface area (Å²) in [5.74, 6) is 0. The van der Waals surface area contributed by atoms with Crippen LogP contribution in [-0.2, 0) is 10.2 Å². The van der Waals surface area contributed by atoms with E-state index < -0.39 is 10.2 Å². The van der Waals surface area contributed by atoms with Gasteiger partial charge >= 0.3 is 0 Å². The lowest BCUT2D eigenvalue weighted by Crippen LogP contribution is -2.47. The average molecular weight is 287 g/mol. The molecule has 2 heterocycles. The molecule has 1 N–H and O–H groups in total. The van der Waals surface area contributed by atoms with Gasteiger partial charge in [0.25, 0.3) is 10.2 Å². The molecular formula is C13H25N3O2S. The lowest BCUT2D eigenvalue weighted by Gasteiger charge is -2.33. The molecule has 110 valence electrons. The van der Waals surface area contributed by atoms with Gasteiger partial charge < -0.3 is 5.32 Å². The minimum atomic E-state index is -3.19. The van der Waals surface area contributed by atoms with E-state index in [9.17, 15) is 8.42 Å². The molecule has 5 nitrogen and oxygen atoms in total. The molecule has 6 heteroatoms. The maximum Gasteiger partial charge on any atom is 0.282 e. The Balaban J connectivity index is 1.71. The average Bonchev–Trinajstić information content (AvgIpc) is 2.76. The van der Waals surface area contributed by atoms with E-state index in [4.69, 9.17) is 0 Å². The fourth-order valence-corrected chi connectivity index (χ4v) is 5.84. The van der Waals surface area contributed by atoms with Gasteiger partial charge in [0, 0.05) is 25.2 Å². The molecule has 2 aliphatic heterocycles. The van der Waals surface area contributed by atoms with Crippen molar-refractivity contribution >= 4 is 10.2 Å². The maximum absolute atomic E-state index is 12.7. The second-order valence-corrected chi connectivity index (χ2v) is 7.84. The standard InChI is InChI=1S/C13H25N3O2S/c17-19(18)15(12-4-2-1-3-5-12)10-11-16(19)13-6-8-14-9-7-13/h12-14H,1-11H2. The minimum Gasteiger partial charge on any atom is -0.317 e. The van der Waals surface area contributed by atoms with Crippen LogP contribution in [0.2, 0.25) is 0 Å². The first kappa shape index (κ1) is 13.8. The fourth-order valence-electron chi connectivity index (χ4n) is 3.77. The van der Waals surface area contributed by atoms with Crippen LogP contribution in [0.4, 0.5) is 0 Å². The normalized spacial score (nSPS) is 31.8. The van der Waals surface area contributed by atoms with Crippen molar-refractivity contribution in [2.24, 2.45) is 0 Å². The Labute approximate surface area is 116 Å². The molecule has 0 aromatic heterocycles. The highest BCUT2D eigenvalue weighted by atomic mass is 32.2. The Bertz CT molecular complexity index is 368. The molecule has 1 saturated carbocycles. The van der Waals surface area contributed by atoms with E-state index in [1.807, 2.05) is 0 Å². The summed E-state index contributed by atoms with van der Waals surface area (Å²) in [7, 11) is -3.19. The lowest BCUT2D eigenvalue weighted by molar-refractivity contribution is 0.270. The van der Waals surface area contributed by atoms with Crippen molar-refractivity contribution in [2.45, 2.75) is 57.0 Å². The van der Waals surface area contributed by atoms with Crippen LogP contribution in [0.15, 0.2) is 0 Å². The Morgan fingerprint density at radius 3 is 1.89 bits per heavy atom. The first-order chi connectivity index (χ1) is 9.19. The molecule has 19 heavy (non-hydrogen) atoms. The fraction of sp³-hybridized carbons (Fsp3) is 1.00. The summed E-state index contributed by atoms with van der Waals surface area (Å²) in [4.78, 5) is 0. The van der Waals surface area contributed by atoms with Crippen molar-refractivity contribution in [1.29, 1.82) is 0 Å². The highest BCUT2D eigenvalue weighted by Crippen LogP contribution is 2.31. The zero-order valence-corrected chi connectivity index (χ0v) is 12.4. The van der Waals surface area contributed by atoms with Gasteiger partial charge in [-0.15, -0.1) is 0 Å². The zero-order valence-electron chi connectivity index (χ0n) is 11.6.